The second-order valence-electron chi connectivity index (χ2n) is 5.29. The molecule has 8 heteroatoms. The molecule has 3 N–H and O–H groups in total. The number of hydrogen-bond donors (Lipinski definition) is 3. The molecule has 8 nitrogen and oxygen atoms in total. The van der Waals surface area contributed by atoms with Crippen LogP contribution < -0.4 is 10.6 Å². The van der Waals surface area contributed by atoms with Crippen LogP contribution in [-0.4, -0.2) is 48.8 Å². The van der Waals surface area contributed by atoms with Gasteiger partial charge in [0.2, 0.25) is 17.8 Å². The number of nitrogens with one attached hydrogen (secondary N) is 2. The number of rotatable bonds is 5. The maximum absolute atomic E-state index is 10.4. The Labute approximate surface area is 122 Å². The standard InChI is InChI=1S/C13H19N7O/c1-14-10-17-11(16-8-13(21)4-2-3-5-13)19-12(18-10)20-7-6-15-9-20/h6-7,9,21H,2-5,8H2,1H3,(H2,14,16,17,18,19). The molecule has 1 aliphatic rings. The van der Waals surface area contributed by atoms with Gasteiger partial charge in [-0.1, -0.05) is 12.8 Å². The zero-order valence-electron chi connectivity index (χ0n) is 12.0. The van der Waals surface area contributed by atoms with Gasteiger partial charge in [-0.3, -0.25) is 4.57 Å². The lowest BCUT2D eigenvalue weighted by Gasteiger charge is -2.22. The summed E-state index contributed by atoms with van der Waals surface area (Å²) in [7, 11) is 1.75. The van der Waals surface area contributed by atoms with E-state index in [1.807, 2.05) is 0 Å². The molecule has 3 rings (SSSR count). The number of nitrogens with zero attached hydrogens (tertiary/aromatic N) is 5. The van der Waals surface area contributed by atoms with Gasteiger partial charge in [-0.2, -0.15) is 15.0 Å². The Hall–Kier alpha value is -2.22. The summed E-state index contributed by atoms with van der Waals surface area (Å²) in [6, 6.07) is 0. The van der Waals surface area contributed by atoms with Gasteiger partial charge in [-0.05, 0) is 12.8 Å². The highest BCUT2D eigenvalue weighted by molar-refractivity contribution is 5.37. The van der Waals surface area contributed by atoms with Crippen molar-refractivity contribution in [3.05, 3.63) is 18.7 Å². The molecule has 2 aromatic rings. The van der Waals surface area contributed by atoms with Crippen LogP contribution >= 0.6 is 0 Å². The number of imidazole rings is 1. The van der Waals surface area contributed by atoms with Crippen molar-refractivity contribution in [2.75, 3.05) is 24.2 Å². The lowest BCUT2D eigenvalue weighted by Crippen LogP contribution is -2.34. The van der Waals surface area contributed by atoms with Crippen molar-refractivity contribution in [1.82, 2.24) is 24.5 Å². The van der Waals surface area contributed by atoms with Crippen molar-refractivity contribution in [2.24, 2.45) is 0 Å². The van der Waals surface area contributed by atoms with Crippen molar-refractivity contribution in [3.63, 3.8) is 0 Å². The van der Waals surface area contributed by atoms with E-state index >= 15 is 0 Å². The van der Waals surface area contributed by atoms with Crippen LogP contribution in [-0.2, 0) is 0 Å². The molecule has 2 heterocycles. The first kappa shape index (κ1) is 13.7. The van der Waals surface area contributed by atoms with Gasteiger partial charge >= 0.3 is 0 Å². The van der Waals surface area contributed by atoms with E-state index in [0.29, 0.717) is 24.4 Å². The second kappa shape index (κ2) is 5.65. The molecule has 21 heavy (non-hydrogen) atoms. The van der Waals surface area contributed by atoms with Crippen LogP contribution in [0.15, 0.2) is 18.7 Å². The van der Waals surface area contributed by atoms with Crippen molar-refractivity contribution in [2.45, 2.75) is 31.3 Å². The number of anilines is 2. The van der Waals surface area contributed by atoms with Crippen molar-refractivity contribution < 1.29 is 5.11 Å². The zero-order valence-corrected chi connectivity index (χ0v) is 12.0. The van der Waals surface area contributed by atoms with E-state index in [4.69, 9.17) is 0 Å². The summed E-state index contributed by atoms with van der Waals surface area (Å²) in [4.78, 5) is 16.9. The van der Waals surface area contributed by atoms with Gasteiger partial charge in [0.05, 0.1) is 5.60 Å². The van der Waals surface area contributed by atoms with E-state index in [0.717, 1.165) is 25.7 Å². The Kier molecular flexibility index (Phi) is 3.70. The molecule has 0 atom stereocenters. The maximum atomic E-state index is 10.4. The summed E-state index contributed by atoms with van der Waals surface area (Å²) in [6.07, 6.45) is 8.83. The quantitative estimate of drug-likeness (QED) is 0.749. The Balaban J connectivity index is 1.79. The molecule has 1 aliphatic carbocycles. The van der Waals surface area contributed by atoms with E-state index in [1.54, 1.807) is 30.3 Å². The summed E-state index contributed by atoms with van der Waals surface area (Å²) in [5, 5.41) is 16.4. The summed E-state index contributed by atoms with van der Waals surface area (Å²) in [5.41, 5.74) is -0.651. The van der Waals surface area contributed by atoms with Crippen LogP contribution in [0.2, 0.25) is 0 Å². The van der Waals surface area contributed by atoms with Gasteiger partial charge < -0.3 is 15.7 Å². The van der Waals surface area contributed by atoms with E-state index in [2.05, 4.69) is 30.6 Å². The molecule has 0 saturated heterocycles. The first-order valence-electron chi connectivity index (χ1n) is 7.07. The number of aliphatic hydroxyl groups is 1. The molecular formula is C13H19N7O. The van der Waals surface area contributed by atoms with Crippen molar-refractivity contribution in [3.8, 4) is 5.95 Å². The van der Waals surface area contributed by atoms with E-state index < -0.39 is 5.60 Å². The third-order valence-electron chi connectivity index (χ3n) is 3.69. The van der Waals surface area contributed by atoms with Crippen LogP contribution in [0.5, 0.6) is 0 Å². The average Bonchev–Trinajstić information content (AvgIpc) is 3.17. The minimum absolute atomic E-state index is 0.443. The Morgan fingerprint density at radius 1 is 1.24 bits per heavy atom. The largest absolute Gasteiger partial charge is 0.388 e. The van der Waals surface area contributed by atoms with Crippen LogP contribution in [0, 0.1) is 0 Å². The maximum Gasteiger partial charge on any atom is 0.241 e. The van der Waals surface area contributed by atoms with Gasteiger partial charge in [-0.25, -0.2) is 4.98 Å². The van der Waals surface area contributed by atoms with E-state index in [-0.39, 0.29) is 0 Å². The molecule has 112 valence electrons. The summed E-state index contributed by atoms with van der Waals surface area (Å²) in [5.74, 6) is 1.39. The molecule has 0 aliphatic heterocycles. The zero-order chi connectivity index (χ0) is 14.7. The van der Waals surface area contributed by atoms with E-state index in [1.165, 1.54) is 0 Å². The lowest BCUT2D eigenvalue weighted by atomic mass is 10.0. The van der Waals surface area contributed by atoms with Crippen molar-refractivity contribution in [1.29, 1.82) is 0 Å². The monoisotopic (exact) mass is 289 g/mol. The highest BCUT2D eigenvalue weighted by Crippen LogP contribution is 2.29. The van der Waals surface area contributed by atoms with Crippen LogP contribution in [0.25, 0.3) is 5.95 Å². The summed E-state index contributed by atoms with van der Waals surface area (Å²) < 4.78 is 1.71. The fourth-order valence-corrected chi connectivity index (χ4v) is 2.50. The van der Waals surface area contributed by atoms with Gasteiger partial charge in [0.25, 0.3) is 0 Å². The molecule has 1 fully saturated rings. The minimum Gasteiger partial charge on any atom is -0.388 e. The van der Waals surface area contributed by atoms with E-state index in [9.17, 15) is 5.11 Å². The first-order chi connectivity index (χ1) is 10.2. The molecule has 0 spiro atoms. The fraction of sp³-hybridized carbons (Fsp3) is 0.538. The normalized spacial score (nSPS) is 16.9. The third kappa shape index (κ3) is 3.10. The number of hydrogen-bond acceptors (Lipinski definition) is 7. The minimum atomic E-state index is -0.651. The molecule has 0 radical (unpaired) electrons. The highest BCUT2D eigenvalue weighted by Gasteiger charge is 2.31. The van der Waals surface area contributed by atoms with Gasteiger partial charge in [0.15, 0.2) is 0 Å². The highest BCUT2D eigenvalue weighted by atomic mass is 16.3. The Morgan fingerprint density at radius 3 is 2.67 bits per heavy atom. The lowest BCUT2D eigenvalue weighted by molar-refractivity contribution is 0.0613. The van der Waals surface area contributed by atoms with Gasteiger partial charge in [-0.15, -0.1) is 0 Å². The smallest absolute Gasteiger partial charge is 0.241 e. The second-order valence-corrected chi connectivity index (χ2v) is 5.29. The third-order valence-corrected chi connectivity index (χ3v) is 3.69. The topological polar surface area (TPSA) is 101 Å². The first-order valence-corrected chi connectivity index (χ1v) is 7.07. The Bertz CT molecular complexity index is 593. The summed E-state index contributed by atoms with van der Waals surface area (Å²) >= 11 is 0. The van der Waals surface area contributed by atoms with Crippen LogP contribution in [0.1, 0.15) is 25.7 Å². The van der Waals surface area contributed by atoms with Gasteiger partial charge in [0, 0.05) is 26.0 Å². The predicted molar refractivity (Wildman–Crippen MR) is 78.4 cm³/mol. The van der Waals surface area contributed by atoms with Crippen LogP contribution in [0.3, 0.4) is 0 Å². The molecule has 0 aromatic carbocycles. The molecule has 0 amide bonds. The summed E-state index contributed by atoms with van der Waals surface area (Å²) in [6.45, 7) is 0.448. The van der Waals surface area contributed by atoms with Crippen molar-refractivity contribution >= 4 is 11.9 Å². The average molecular weight is 289 g/mol. The number of aromatic nitrogens is 5. The molecular weight excluding hydrogens is 270 g/mol. The molecule has 2 aromatic heterocycles. The van der Waals surface area contributed by atoms with Gasteiger partial charge in [0.1, 0.15) is 6.33 Å². The van der Waals surface area contributed by atoms with Crippen LogP contribution in [0.4, 0.5) is 11.9 Å². The molecule has 0 unspecified atom stereocenters. The molecule has 1 saturated carbocycles. The molecule has 0 bridgehead atoms. The SMILES string of the molecule is CNc1nc(NCC2(O)CCCC2)nc(-n2ccnc2)n1. The fourth-order valence-electron chi connectivity index (χ4n) is 2.50. The Morgan fingerprint density at radius 2 is 2.00 bits per heavy atom. The predicted octanol–water partition coefficient (Wildman–Crippen LogP) is 0.816.